The molecule has 0 radical (unpaired) electrons. The lowest BCUT2D eigenvalue weighted by Gasteiger charge is -2.12. The molecule has 0 N–H and O–H groups in total. The van der Waals surface area contributed by atoms with Crippen LogP contribution in [0.5, 0.6) is 0 Å². The summed E-state index contributed by atoms with van der Waals surface area (Å²) in [6.07, 6.45) is 5.76. The smallest absolute Gasteiger partial charge is 0.269 e. The van der Waals surface area contributed by atoms with Crippen molar-refractivity contribution < 1.29 is 13.3 Å². The monoisotopic (exact) mass is 500 g/mol. The highest BCUT2D eigenvalue weighted by molar-refractivity contribution is 8.03. The van der Waals surface area contributed by atoms with Crippen molar-refractivity contribution >= 4 is 62.5 Å². The molecule has 1 aliphatic rings. The van der Waals surface area contributed by atoms with Gasteiger partial charge < -0.3 is 4.90 Å². The lowest BCUT2D eigenvalue weighted by Crippen LogP contribution is -2.32. The molecule has 0 bridgehead atoms. The molecular weight excluding hydrogens is 480 g/mol. The van der Waals surface area contributed by atoms with Crippen molar-refractivity contribution in [3.05, 3.63) is 83.7 Å². The van der Waals surface area contributed by atoms with Gasteiger partial charge in [0, 0.05) is 24.6 Å². The minimum absolute atomic E-state index is 0.0467. The number of fused-ring (bicyclic) bond motifs is 2. The SMILES string of the molecule is CCn1c(=O)/c(=C/C=C2\Sc3ccccc3N2C)s/c1=C\c1sc2cc(F)c(F)cc2[n+]1C. The number of hydrogen-bond donors (Lipinski definition) is 0. The Hall–Kier alpha value is -2.75. The number of thiazole rings is 2. The molecule has 4 nitrogen and oxygen atoms in total. The van der Waals surface area contributed by atoms with Crippen molar-refractivity contribution in [3.8, 4) is 0 Å². The summed E-state index contributed by atoms with van der Waals surface area (Å²) >= 11 is 4.45. The Morgan fingerprint density at radius 2 is 1.85 bits per heavy atom. The first kappa shape index (κ1) is 22.1. The Balaban J connectivity index is 1.59. The zero-order chi connectivity index (χ0) is 23.3. The van der Waals surface area contributed by atoms with Gasteiger partial charge in [-0.3, -0.25) is 9.36 Å². The highest BCUT2D eigenvalue weighted by atomic mass is 32.2. The number of allylic oxidation sites excluding steroid dienone is 1. The fourth-order valence-corrected chi connectivity index (χ4v) is 7.04. The van der Waals surface area contributed by atoms with Gasteiger partial charge in [0.2, 0.25) is 5.52 Å². The van der Waals surface area contributed by atoms with Crippen LogP contribution in [0.25, 0.3) is 22.4 Å². The number of anilines is 1. The third-order valence-electron chi connectivity index (χ3n) is 5.56. The fraction of sp³-hybridized carbons (Fsp3) is 0.167. The molecule has 0 saturated heterocycles. The van der Waals surface area contributed by atoms with E-state index in [0.29, 0.717) is 21.3 Å². The summed E-state index contributed by atoms with van der Waals surface area (Å²) < 4.78 is 33.0. The van der Waals surface area contributed by atoms with Crippen molar-refractivity contribution in [2.75, 3.05) is 11.9 Å². The fourth-order valence-electron chi connectivity index (χ4n) is 3.76. The minimum Gasteiger partial charge on any atom is -0.338 e. The second-order valence-corrected chi connectivity index (χ2v) is 10.7. The maximum absolute atomic E-state index is 13.7. The summed E-state index contributed by atoms with van der Waals surface area (Å²) in [5.74, 6) is -1.73. The van der Waals surface area contributed by atoms with E-state index in [2.05, 4.69) is 17.0 Å². The zero-order valence-corrected chi connectivity index (χ0v) is 20.6. The summed E-state index contributed by atoms with van der Waals surface area (Å²) in [6.45, 7) is 2.46. The maximum atomic E-state index is 13.7. The van der Waals surface area contributed by atoms with Crippen LogP contribution in [0.2, 0.25) is 0 Å². The number of thioether (sulfide) groups is 1. The van der Waals surface area contributed by atoms with Crippen LogP contribution < -0.4 is 24.2 Å². The Morgan fingerprint density at radius 1 is 1.09 bits per heavy atom. The van der Waals surface area contributed by atoms with Crippen molar-refractivity contribution in [2.24, 2.45) is 7.05 Å². The number of benzene rings is 2. The molecule has 5 rings (SSSR count). The summed E-state index contributed by atoms with van der Waals surface area (Å²) in [6, 6.07) is 10.6. The van der Waals surface area contributed by atoms with Crippen LogP contribution in [0.4, 0.5) is 14.5 Å². The summed E-state index contributed by atoms with van der Waals surface area (Å²) in [5, 5.41) is 1.86. The topological polar surface area (TPSA) is 29.1 Å². The quantitative estimate of drug-likeness (QED) is 0.399. The number of rotatable bonds is 3. The van der Waals surface area contributed by atoms with E-state index >= 15 is 0 Å². The summed E-state index contributed by atoms with van der Waals surface area (Å²) in [4.78, 5) is 16.3. The molecule has 33 heavy (non-hydrogen) atoms. The van der Waals surface area contributed by atoms with Gasteiger partial charge in [0.15, 0.2) is 11.6 Å². The van der Waals surface area contributed by atoms with Gasteiger partial charge in [-0.15, -0.1) is 11.3 Å². The molecule has 0 atom stereocenters. The number of aromatic nitrogens is 2. The Bertz CT molecular complexity index is 1610. The van der Waals surface area contributed by atoms with Gasteiger partial charge in [0.1, 0.15) is 16.4 Å². The lowest BCUT2D eigenvalue weighted by molar-refractivity contribution is -0.642. The number of nitrogens with zero attached hydrogens (tertiary/aromatic N) is 3. The van der Waals surface area contributed by atoms with Crippen molar-refractivity contribution in [3.63, 3.8) is 0 Å². The van der Waals surface area contributed by atoms with Crippen molar-refractivity contribution in [1.82, 2.24) is 4.57 Å². The Kier molecular flexibility index (Phi) is 5.72. The Labute approximate surface area is 201 Å². The molecular formula is C24H20F2N3OS3+. The minimum atomic E-state index is -0.870. The van der Waals surface area contributed by atoms with Gasteiger partial charge in [-0.2, -0.15) is 4.57 Å². The van der Waals surface area contributed by atoms with E-state index in [1.165, 1.54) is 39.7 Å². The van der Waals surface area contributed by atoms with Crippen molar-refractivity contribution in [1.29, 1.82) is 0 Å². The Morgan fingerprint density at radius 3 is 2.61 bits per heavy atom. The second-order valence-electron chi connectivity index (χ2n) is 7.53. The predicted molar refractivity (Wildman–Crippen MR) is 133 cm³/mol. The van der Waals surface area contributed by atoms with E-state index in [1.54, 1.807) is 16.3 Å². The van der Waals surface area contributed by atoms with E-state index < -0.39 is 11.6 Å². The molecule has 0 spiro atoms. The normalized spacial score (nSPS) is 15.9. The molecule has 0 fully saturated rings. The van der Waals surface area contributed by atoms with Crippen molar-refractivity contribution in [2.45, 2.75) is 18.4 Å². The highest BCUT2D eigenvalue weighted by Gasteiger charge is 2.21. The third-order valence-corrected chi connectivity index (χ3v) is 8.97. The molecule has 2 aromatic heterocycles. The number of hydrogen-bond acceptors (Lipinski definition) is 5. The van der Waals surface area contributed by atoms with Crippen LogP contribution in [0.15, 0.2) is 57.2 Å². The van der Waals surface area contributed by atoms with Crippen LogP contribution in [0.1, 0.15) is 11.9 Å². The van der Waals surface area contributed by atoms with E-state index in [1.807, 2.05) is 55.9 Å². The van der Waals surface area contributed by atoms with Gasteiger partial charge >= 0.3 is 0 Å². The van der Waals surface area contributed by atoms with Gasteiger partial charge in [-0.25, -0.2) is 8.78 Å². The third kappa shape index (κ3) is 3.84. The van der Waals surface area contributed by atoms with Crippen LogP contribution in [-0.2, 0) is 13.6 Å². The molecule has 0 amide bonds. The number of halogens is 2. The molecule has 3 heterocycles. The lowest BCUT2D eigenvalue weighted by atomic mass is 10.3. The van der Waals surface area contributed by atoms with Crippen LogP contribution in [0.3, 0.4) is 0 Å². The first-order valence-corrected chi connectivity index (χ1v) is 12.7. The van der Waals surface area contributed by atoms with E-state index in [9.17, 15) is 13.6 Å². The molecule has 4 aromatic rings. The molecule has 0 unspecified atom stereocenters. The average Bonchev–Trinajstić information content (AvgIpc) is 3.39. The van der Waals surface area contributed by atoms with Gasteiger partial charge in [-0.1, -0.05) is 35.2 Å². The maximum Gasteiger partial charge on any atom is 0.269 e. The van der Waals surface area contributed by atoms with Gasteiger partial charge in [0.25, 0.3) is 10.6 Å². The summed E-state index contributed by atoms with van der Waals surface area (Å²) in [7, 11) is 3.83. The van der Waals surface area contributed by atoms with E-state index in [-0.39, 0.29) is 5.56 Å². The molecule has 1 aliphatic heterocycles. The number of para-hydroxylation sites is 1. The highest BCUT2D eigenvalue weighted by Crippen LogP contribution is 2.44. The first-order chi connectivity index (χ1) is 15.9. The number of aryl methyl sites for hydroxylation is 1. The van der Waals surface area contributed by atoms with E-state index in [4.69, 9.17) is 0 Å². The predicted octanol–water partition coefficient (Wildman–Crippen LogP) is 3.94. The molecule has 2 aromatic carbocycles. The van der Waals surface area contributed by atoms with E-state index in [0.717, 1.165) is 20.4 Å². The zero-order valence-electron chi connectivity index (χ0n) is 18.1. The van der Waals surface area contributed by atoms with Crippen LogP contribution in [0, 0.1) is 11.6 Å². The van der Waals surface area contributed by atoms with Gasteiger partial charge in [-0.05, 0) is 31.2 Å². The molecule has 0 saturated carbocycles. The van der Waals surface area contributed by atoms with Gasteiger partial charge in [0.05, 0.1) is 27.4 Å². The largest absolute Gasteiger partial charge is 0.338 e. The molecule has 9 heteroatoms. The first-order valence-electron chi connectivity index (χ1n) is 10.3. The van der Waals surface area contributed by atoms with Crippen LogP contribution >= 0.6 is 34.4 Å². The van der Waals surface area contributed by atoms with Crippen LogP contribution in [-0.4, -0.2) is 11.6 Å². The standard InChI is InChI=1S/C24H20F2N3OS3/c1-4-29-23(13-22-28(3)17-11-14(25)15(26)12-20(17)33-22)32-19(24(29)30)9-10-21-27(2)16-7-5-6-8-18(16)31-21/h5-13H,4H2,1-3H3/q+1/b19-9-,21-10-. The summed E-state index contributed by atoms with van der Waals surface area (Å²) in [5.41, 5.74) is 1.72. The second kappa shape index (κ2) is 8.55. The molecule has 0 aliphatic carbocycles. The molecule has 168 valence electrons. The average molecular weight is 501 g/mol.